The van der Waals surface area contributed by atoms with Gasteiger partial charge in [-0.1, -0.05) is 76.2 Å². The molecule has 2 fully saturated rings. The minimum atomic E-state index is -2.84. The van der Waals surface area contributed by atoms with Gasteiger partial charge < -0.3 is 17.7 Å². The van der Waals surface area contributed by atoms with Crippen molar-refractivity contribution in [3.63, 3.8) is 0 Å². The summed E-state index contributed by atoms with van der Waals surface area (Å²) in [5, 5.41) is 0. The maximum Gasteiger partial charge on any atom is 0.335 e. The molecule has 1 aromatic rings. The monoisotopic (exact) mass is 554 g/mol. The van der Waals surface area contributed by atoms with Gasteiger partial charge in [-0.15, -0.1) is 0 Å². The number of ketones is 1. The molecule has 0 radical (unpaired) electrons. The van der Waals surface area contributed by atoms with Crippen LogP contribution in [0.5, 0.6) is 0 Å². The highest BCUT2D eigenvalue weighted by Gasteiger charge is 2.60. The highest BCUT2D eigenvalue weighted by atomic mass is 28.5. The van der Waals surface area contributed by atoms with Crippen molar-refractivity contribution in [3.8, 4) is 0 Å². The number of aromatic amines is 1. The Balaban J connectivity index is 2.11. The fourth-order valence-electron chi connectivity index (χ4n) is 5.64. The predicted molar refractivity (Wildman–Crippen MR) is 147 cm³/mol. The average molecular weight is 555 g/mol. The van der Waals surface area contributed by atoms with Gasteiger partial charge in [0.15, 0.2) is 5.78 Å². The van der Waals surface area contributed by atoms with Crippen molar-refractivity contribution < 1.29 is 22.5 Å². The summed E-state index contributed by atoms with van der Waals surface area (Å²) in [6, 6.07) is 1.19. The molecule has 1 N–H and O–H groups in total. The van der Waals surface area contributed by atoms with E-state index >= 15 is 0 Å². The van der Waals surface area contributed by atoms with E-state index in [1.54, 1.807) is 20.8 Å². The second-order valence-electron chi connectivity index (χ2n) is 12.8. The second-order valence-corrected chi connectivity index (χ2v) is 21.6. The molecular formula is C26H46N2O7Si2. The van der Waals surface area contributed by atoms with Gasteiger partial charge >= 0.3 is 22.8 Å². The molecular weight excluding hydrogens is 508 g/mol. The van der Waals surface area contributed by atoms with Gasteiger partial charge in [-0.25, -0.2) is 4.79 Å². The van der Waals surface area contributed by atoms with Crippen LogP contribution in [0.25, 0.3) is 0 Å². The Morgan fingerprint density at radius 1 is 0.946 bits per heavy atom. The zero-order valence-electron chi connectivity index (χ0n) is 24.3. The van der Waals surface area contributed by atoms with Crippen molar-refractivity contribution in [2.24, 2.45) is 5.41 Å². The van der Waals surface area contributed by atoms with E-state index in [1.807, 2.05) is 0 Å². The average Bonchev–Trinajstić information content (AvgIpc) is 3.12. The number of aromatic nitrogens is 2. The number of ether oxygens (including phenoxy) is 1. The fourth-order valence-corrected chi connectivity index (χ4v) is 16.9. The van der Waals surface area contributed by atoms with Crippen LogP contribution in [0.15, 0.2) is 15.7 Å². The Hall–Kier alpha value is -1.38. The van der Waals surface area contributed by atoms with Gasteiger partial charge in [0.1, 0.15) is 12.3 Å². The summed E-state index contributed by atoms with van der Waals surface area (Å²) in [4.78, 5) is 40.8. The van der Waals surface area contributed by atoms with Crippen molar-refractivity contribution in [2.75, 3.05) is 6.61 Å². The summed E-state index contributed by atoms with van der Waals surface area (Å²) in [7, 11) is -5.57. The molecule has 0 amide bonds. The SMILES string of the molecule is CC(C)[Si]1(C(C)C)OC[C@H]2O[C@@H](n3c(C(=O)C(C)(C)C)cc(=O)[nH]c3=O)C[C@@H]2O[Si](C(C)C)(C(C)C)O1. The molecule has 11 heteroatoms. The number of H-pyrrole nitrogens is 1. The van der Waals surface area contributed by atoms with Gasteiger partial charge in [-0.3, -0.25) is 19.1 Å². The quantitative estimate of drug-likeness (QED) is 0.389. The van der Waals surface area contributed by atoms with Crippen molar-refractivity contribution in [3.05, 3.63) is 32.6 Å². The molecule has 3 heterocycles. The summed E-state index contributed by atoms with van der Waals surface area (Å²) in [6.07, 6.45) is -1.23. The number of carbonyl (C=O) groups excluding carboxylic acids is 1. The van der Waals surface area contributed by atoms with Gasteiger partial charge in [0.2, 0.25) is 0 Å². The van der Waals surface area contributed by atoms with Gasteiger partial charge in [-0.2, -0.15) is 0 Å². The molecule has 0 aliphatic carbocycles. The van der Waals surface area contributed by atoms with Crippen molar-refractivity contribution in [1.29, 1.82) is 0 Å². The van der Waals surface area contributed by atoms with E-state index in [-0.39, 0.29) is 46.4 Å². The molecule has 1 aromatic heterocycles. The van der Waals surface area contributed by atoms with E-state index in [4.69, 9.17) is 17.7 Å². The van der Waals surface area contributed by atoms with Gasteiger partial charge in [-0.05, 0) is 22.2 Å². The molecule has 2 aliphatic heterocycles. The first-order valence-electron chi connectivity index (χ1n) is 13.5. The number of nitrogens with zero attached hydrogens (tertiary/aromatic N) is 1. The van der Waals surface area contributed by atoms with Crippen molar-refractivity contribution >= 4 is 22.9 Å². The van der Waals surface area contributed by atoms with E-state index in [0.29, 0.717) is 6.42 Å². The van der Waals surface area contributed by atoms with E-state index in [9.17, 15) is 14.4 Å². The number of hydrogen-bond donors (Lipinski definition) is 1. The lowest BCUT2D eigenvalue weighted by Gasteiger charge is -2.51. The van der Waals surface area contributed by atoms with Crippen molar-refractivity contribution in [1.82, 2.24) is 9.55 Å². The predicted octanol–water partition coefficient (Wildman–Crippen LogP) is 5.01. The zero-order valence-corrected chi connectivity index (χ0v) is 26.3. The Kier molecular flexibility index (Phi) is 8.68. The standard InChI is InChI=1S/C26H46N2O7Si2/c1-15(2)36(16(3)4)32-14-21-20(34-37(35-36,17(5)6)18(7)8)13-23(33-21)28-19(24(30)26(9,10)11)12-22(29)27-25(28)31/h12,15-18,20-21,23H,13-14H2,1-11H3,(H,27,29,31)/t20-,21+,23+/m0/s1. The van der Waals surface area contributed by atoms with E-state index in [0.717, 1.165) is 0 Å². The van der Waals surface area contributed by atoms with E-state index < -0.39 is 46.1 Å². The normalized spacial score (nSPS) is 26.0. The van der Waals surface area contributed by atoms with Crippen LogP contribution in [0, 0.1) is 5.41 Å². The highest BCUT2D eigenvalue weighted by molar-refractivity contribution is 6.83. The lowest BCUT2D eigenvalue weighted by molar-refractivity contribution is -0.0570. The fraction of sp³-hybridized carbons (Fsp3) is 0.808. The number of Topliss-reactive ketones (excluding diaryl/α,β-unsaturated/α-hetero) is 1. The van der Waals surface area contributed by atoms with Crippen LogP contribution in [-0.2, 0) is 17.7 Å². The first-order chi connectivity index (χ1) is 17.0. The molecule has 0 spiro atoms. The Bertz CT molecular complexity index is 1090. The molecule has 37 heavy (non-hydrogen) atoms. The van der Waals surface area contributed by atoms with E-state index in [1.165, 1.54) is 10.6 Å². The van der Waals surface area contributed by atoms with Crippen LogP contribution in [0.3, 0.4) is 0 Å². The molecule has 0 aromatic carbocycles. The molecule has 0 unspecified atom stereocenters. The van der Waals surface area contributed by atoms with Crippen LogP contribution in [-0.4, -0.2) is 51.3 Å². The molecule has 0 saturated carbocycles. The zero-order chi connectivity index (χ0) is 28.1. The van der Waals surface area contributed by atoms with Crippen LogP contribution in [0.4, 0.5) is 0 Å². The largest absolute Gasteiger partial charge is 0.414 e. The van der Waals surface area contributed by atoms with Gasteiger partial charge in [0.25, 0.3) is 5.56 Å². The van der Waals surface area contributed by atoms with Crippen LogP contribution in [0.1, 0.15) is 99.3 Å². The first-order valence-corrected chi connectivity index (χ1v) is 17.5. The molecule has 210 valence electrons. The summed E-state index contributed by atoms with van der Waals surface area (Å²) < 4.78 is 28.7. The highest BCUT2D eigenvalue weighted by Crippen LogP contribution is 2.48. The number of rotatable bonds is 6. The Morgan fingerprint density at radius 3 is 1.97 bits per heavy atom. The second kappa shape index (κ2) is 10.7. The van der Waals surface area contributed by atoms with Gasteiger partial charge in [0.05, 0.1) is 18.4 Å². The minimum absolute atomic E-state index is 0.0435. The summed E-state index contributed by atoms with van der Waals surface area (Å²) >= 11 is 0. The van der Waals surface area contributed by atoms with Crippen LogP contribution >= 0.6 is 0 Å². The summed E-state index contributed by atoms with van der Waals surface area (Å²) in [6.45, 7) is 22.8. The molecule has 2 aliphatic rings. The summed E-state index contributed by atoms with van der Waals surface area (Å²) in [5.74, 6) is -0.303. The van der Waals surface area contributed by atoms with Crippen LogP contribution in [0.2, 0.25) is 22.2 Å². The Morgan fingerprint density at radius 2 is 1.49 bits per heavy atom. The number of fused-ring (bicyclic) bond motifs is 1. The smallest absolute Gasteiger partial charge is 0.335 e. The third kappa shape index (κ3) is 5.53. The van der Waals surface area contributed by atoms with Crippen LogP contribution < -0.4 is 11.2 Å². The maximum absolute atomic E-state index is 13.3. The number of hydrogen-bond acceptors (Lipinski definition) is 7. The topological polar surface area (TPSA) is 109 Å². The third-order valence-electron chi connectivity index (χ3n) is 7.71. The molecule has 9 nitrogen and oxygen atoms in total. The molecule has 3 atom stereocenters. The maximum atomic E-state index is 13.3. The number of nitrogens with one attached hydrogen (secondary N) is 1. The van der Waals surface area contributed by atoms with E-state index in [2.05, 4.69) is 60.4 Å². The lowest BCUT2D eigenvalue weighted by atomic mass is 9.88. The first kappa shape index (κ1) is 30.2. The third-order valence-corrected chi connectivity index (χ3v) is 18.0. The van der Waals surface area contributed by atoms with Crippen molar-refractivity contribution in [2.45, 2.75) is 123 Å². The lowest BCUT2D eigenvalue weighted by Crippen LogP contribution is -2.65. The molecule has 2 saturated heterocycles. The minimum Gasteiger partial charge on any atom is -0.414 e. The number of carbonyl (C=O) groups is 1. The summed E-state index contributed by atoms with van der Waals surface area (Å²) in [5.41, 5.74) is -1.30. The molecule has 3 rings (SSSR count). The Labute approximate surface area is 222 Å². The molecule has 0 bridgehead atoms. The van der Waals surface area contributed by atoms with Gasteiger partial charge in [0, 0.05) is 17.9 Å².